The van der Waals surface area contributed by atoms with Crippen molar-refractivity contribution in [1.82, 2.24) is 4.98 Å². The highest BCUT2D eigenvalue weighted by Crippen LogP contribution is 2.37. The van der Waals surface area contributed by atoms with Gasteiger partial charge in [0.15, 0.2) is 5.78 Å². The fraction of sp³-hybridized carbons (Fsp3) is 0.273. The zero-order valence-corrected chi connectivity index (χ0v) is 11.5. The molecule has 0 saturated carbocycles. The van der Waals surface area contributed by atoms with Gasteiger partial charge in [0, 0.05) is 6.42 Å². The number of carbonyl (C=O) groups is 1. The number of thiazole rings is 1. The molecule has 0 bridgehead atoms. The van der Waals surface area contributed by atoms with Crippen LogP contribution < -0.4 is 0 Å². The SMILES string of the molecule is O=C1CCCc2nc(-c3ccc(Br)s3)sc21. The summed E-state index contributed by atoms with van der Waals surface area (Å²) in [5.74, 6) is 0.264. The zero-order valence-electron chi connectivity index (χ0n) is 8.33. The van der Waals surface area contributed by atoms with Crippen LogP contribution in [0.2, 0.25) is 0 Å². The molecular formula is C11H8BrNOS2. The predicted octanol–water partition coefficient (Wildman–Crippen LogP) is 4.15. The number of thiophene rings is 1. The summed E-state index contributed by atoms with van der Waals surface area (Å²) in [6, 6.07) is 4.06. The summed E-state index contributed by atoms with van der Waals surface area (Å²) >= 11 is 6.64. The molecule has 0 N–H and O–H groups in total. The summed E-state index contributed by atoms with van der Waals surface area (Å²) in [7, 11) is 0. The van der Waals surface area contributed by atoms with Crippen LogP contribution in [0, 0.1) is 0 Å². The Morgan fingerprint density at radius 1 is 1.25 bits per heavy atom. The Bertz CT molecular complexity index is 558. The number of hydrogen-bond acceptors (Lipinski definition) is 4. The lowest BCUT2D eigenvalue weighted by molar-refractivity contribution is 0.0976. The van der Waals surface area contributed by atoms with E-state index in [2.05, 4.69) is 20.9 Å². The van der Waals surface area contributed by atoms with Crippen LogP contribution in [-0.4, -0.2) is 10.8 Å². The fourth-order valence-electron chi connectivity index (χ4n) is 1.80. The first-order chi connectivity index (χ1) is 7.74. The Hall–Kier alpha value is -0.520. The molecule has 0 radical (unpaired) electrons. The van der Waals surface area contributed by atoms with E-state index in [9.17, 15) is 4.79 Å². The predicted molar refractivity (Wildman–Crippen MR) is 70.4 cm³/mol. The molecule has 0 aliphatic heterocycles. The molecule has 5 heteroatoms. The molecule has 0 saturated heterocycles. The first-order valence-electron chi connectivity index (χ1n) is 5.02. The van der Waals surface area contributed by atoms with Gasteiger partial charge < -0.3 is 0 Å². The molecule has 0 unspecified atom stereocenters. The molecule has 2 aromatic rings. The van der Waals surface area contributed by atoms with Crippen molar-refractivity contribution in [2.24, 2.45) is 0 Å². The van der Waals surface area contributed by atoms with Crippen LogP contribution in [0.5, 0.6) is 0 Å². The molecule has 0 aromatic carbocycles. The van der Waals surface area contributed by atoms with Gasteiger partial charge >= 0.3 is 0 Å². The summed E-state index contributed by atoms with van der Waals surface area (Å²) in [5, 5.41) is 0.982. The Morgan fingerprint density at radius 3 is 2.81 bits per heavy atom. The summed E-state index contributed by atoms with van der Waals surface area (Å²) in [4.78, 5) is 18.3. The molecule has 0 amide bonds. The third-order valence-electron chi connectivity index (χ3n) is 2.55. The van der Waals surface area contributed by atoms with E-state index < -0.39 is 0 Å². The minimum atomic E-state index is 0.264. The van der Waals surface area contributed by atoms with Gasteiger partial charge in [-0.2, -0.15) is 0 Å². The lowest BCUT2D eigenvalue weighted by Crippen LogP contribution is -2.07. The lowest BCUT2D eigenvalue weighted by atomic mass is 10.0. The fourth-order valence-corrected chi connectivity index (χ4v) is 4.32. The van der Waals surface area contributed by atoms with Crippen LogP contribution in [0.3, 0.4) is 0 Å². The van der Waals surface area contributed by atoms with E-state index in [1.807, 2.05) is 12.1 Å². The molecule has 0 fully saturated rings. The van der Waals surface area contributed by atoms with Gasteiger partial charge in [0.2, 0.25) is 0 Å². The molecule has 16 heavy (non-hydrogen) atoms. The van der Waals surface area contributed by atoms with Crippen molar-refractivity contribution >= 4 is 44.4 Å². The second-order valence-electron chi connectivity index (χ2n) is 3.68. The van der Waals surface area contributed by atoms with Crippen LogP contribution in [0.1, 0.15) is 28.2 Å². The van der Waals surface area contributed by atoms with Crippen molar-refractivity contribution in [3.05, 3.63) is 26.5 Å². The van der Waals surface area contributed by atoms with Crippen molar-refractivity contribution in [3.63, 3.8) is 0 Å². The first-order valence-corrected chi connectivity index (χ1v) is 7.45. The highest BCUT2D eigenvalue weighted by Gasteiger charge is 2.22. The number of nitrogens with zero attached hydrogens (tertiary/aromatic N) is 1. The quantitative estimate of drug-likeness (QED) is 0.791. The topological polar surface area (TPSA) is 30.0 Å². The second kappa shape index (κ2) is 4.05. The molecule has 0 atom stereocenters. The second-order valence-corrected chi connectivity index (χ2v) is 7.14. The summed E-state index contributed by atoms with van der Waals surface area (Å²) in [5.41, 5.74) is 1.00. The number of fused-ring (bicyclic) bond motifs is 1. The van der Waals surface area contributed by atoms with Crippen molar-refractivity contribution in [2.45, 2.75) is 19.3 Å². The van der Waals surface area contributed by atoms with E-state index >= 15 is 0 Å². The number of aromatic nitrogens is 1. The Balaban J connectivity index is 2.07. The number of Topliss-reactive ketones (excluding diaryl/α,β-unsaturated/α-hetero) is 1. The maximum absolute atomic E-state index is 11.7. The molecule has 0 spiro atoms. The Morgan fingerprint density at radius 2 is 2.12 bits per heavy atom. The lowest BCUT2D eigenvalue weighted by Gasteiger charge is -2.06. The van der Waals surface area contributed by atoms with E-state index in [0.717, 1.165) is 37.1 Å². The standard InChI is InChI=1S/C11H8BrNOS2/c12-9-5-4-8(15-9)11-13-6-2-1-3-7(14)10(6)16-11/h4-5H,1-3H2. The minimum absolute atomic E-state index is 0.264. The van der Waals surface area contributed by atoms with Gasteiger partial charge in [0.25, 0.3) is 0 Å². The number of aryl methyl sites for hydroxylation is 1. The normalized spacial score (nSPS) is 15.2. The Kier molecular flexibility index (Phi) is 2.69. The van der Waals surface area contributed by atoms with Crippen molar-refractivity contribution in [2.75, 3.05) is 0 Å². The number of hydrogen-bond donors (Lipinski definition) is 0. The highest BCUT2D eigenvalue weighted by molar-refractivity contribution is 9.11. The van der Waals surface area contributed by atoms with E-state index in [1.54, 1.807) is 11.3 Å². The molecule has 1 aliphatic rings. The van der Waals surface area contributed by atoms with Crippen LogP contribution in [0.15, 0.2) is 15.9 Å². The summed E-state index contributed by atoms with van der Waals surface area (Å²) in [6.45, 7) is 0. The zero-order chi connectivity index (χ0) is 11.1. The summed E-state index contributed by atoms with van der Waals surface area (Å²) in [6.07, 6.45) is 2.58. The average Bonchev–Trinajstić information content (AvgIpc) is 2.84. The monoisotopic (exact) mass is 313 g/mol. The maximum atomic E-state index is 11.7. The third kappa shape index (κ3) is 1.77. The Labute approximate surface area is 109 Å². The van der Waals surface area contributed by atoms with Gasteiger partial charge in [-0.15, -0.1) is 22.7 Å². The van der Waals surface area contributed by atoms with E-state index in [1.165, 1.54) is 11.3 Å². The number of carbonyl (C=O) groups excluding carboxylic acids is 1. The van der Waals surface area contributed by atoms with Gasteiger partial charge in [0.05, 0.1) is 19.2 Å². The van der Waals surface area contributed by atoms with E-state index in [-0.39, 0.29) is 5.78 Å². The number of ketones is 1. The first kappa shape index (κ1) is 10.6. The minimum Gasteiger partial charge on any atom is -0.293 e. The molecule has 82 valence electrons. The molecule has 3 rings (SSSR count). The van der Waals surface area contributed by atoms with Gasteiger partial charge in [-0.25, -0.2) is 4.98 Å². The largest absolute Gasteiger partial charge is 0.293 e. The molecule has 2 nitrogen and oxygen atoms in total. The number of halogens is 1. The third-order valence-corrected chi connectivity index (χ3v) is 5.48. The van der Waals surface area contributed by atoms with Gasteiger partial charge in [-0.3, -0.25) is 4.79 Å². The molecule has 2 aromatic heterocycles. The van der Waals surface area contributed by atoms with Crippen LogP contribution in [0.25, 0.3) is 9.88 Å². The maximum Gasteiger partial charge on any atom is 0.174 e. The smallest absolute Gasteiger partial charge is 0.174 e. The van der Waals surface area contributed by atoms with Crippen molar-refractivity contribution < 1.29 is 4.79 Å². The van der Waals surface area contributed by atoms with Gasteiger partial charge in [0.1, 0.15) is 5.01 Å². The molecular weight excluding hydrogens is 306 g/mol. The van der Waals surface area contributed by atoms with Crippen molar-refractivity contribution in [1.29, 1.82) is 0 Å². The molecule has 2 heterocycles. The van der Waals surface area contributed by atoms with Crippen LogP contribution in [0.4, 0.5) is 0 Å². The average molecular weight is 314 g/mol. The van der Waals surface area contributed by atoms with E-state index in [0.29, 0.717) is 6.42 Å². The number of rotatable bonds is 1. The summed E-state index contributed by atoms with van der Waals surface area (Å²) < 4.78 is 1.10. The van der Waals surface area contributed by atoms with Crippen molar-refractivity contribution in [3.8, 4) is 9.88 Å². The van der Waals surface area contributed by atoms with Crippen LogP contribution >= 0.6 is 38.6 Å². The molecule has 1 aliphatic carbocycles. The van der Waals surface area contributed by atoms with Gasteiger partial charge in [-0.05, 0) is 40.9 Å². The van der Waals surface area contributed by atoms with Crippen LogP contribution in [-0.2, 0) is 6.42 Å². The van der Waals surface area contributed by atoms with E-state index in [4.69, 9.17) is 0 Å². The van der Waals surface area contributed by atoms with Gasteiger partial charge in [-0.1, -0.05) is 0 Å². The highest BCUT2D eigenvalue weighted by atomic mass is 79.9.